The summed E-state index contributed by atoms with van der Waals surface area (Å²) in [6.07, 6.45) is 2.35. The summed E-state index contributed by atoms with van der Waals surface area (Å²) >= 11 is 7.30. The van der Waals surface area contributed by atoms with Gasteiger partial charge in [0.05, 0.1) is 6.54 Å². The van der Waals surface area contributed by atoms with E-state index in [9.17, 15) is 0 Å². The maximum absolute atomic E-state index is 6.05. The molecule has 17 heavy (non-hydrogen) atoms. The molecule has 0 radical (unpaired) electrons. The third-order valence-corrected chi connectivity index (χ3v) is 4.04. The average Bonchev–Trinajstić information content (AvgIpc) is 2.76. The van der Waals surface area contributed by atoms with Crippen LogP contribution in [0.15, 0.2) is 24.3 Å². The first kappa shape index (κ1) is 11.0. The molecular formula is C12H12ClN3S. The van der Waals surface area contributed by atoms with E-state index in [2.05, 4.69) is 38.8 Å². The van der Waals surface area contributed by atoms with Crippen molar-refractivity contribution in [3.05, 3.63) is 39.9 Å². The molecule has 0 bridgehead atoms. The SMILES string of the molecule is Clc1snnc1CN1CCCc2ccccc21. The van der Waals surface area contributed by atoms with E-state index < -0.39 is 0 Å². The second-order valence-corrected chi connectivity index (χ2v) is 5.50. The van der Waals surface area contributed by atoms with E-state index in [0.29, 0.717) is 4.34 Å². The highest BCUT2D eigenvalue weighted by Crippen LogP contribution is 2.29. The predicted octanol–water partition coefficient (Wildman–Crippen LogP) is 3.14. The largest absolute Gasteiger partial charge is 0.365 e. The molecule has 0 atom stereocenters. The van der Waals surface area contributed by atoms with Crippen molar-refractivity contribution in [2.45, 2.75) is 19.4 Å². The van der Waals surface area contributed by atoms with E-state index >= 15 is 0 Å². The minimum Gasteiger partial charge on any atom is -0.365 e. The fraction of sp³-hybridized carbons (Fsp3) is 0.333. The lowest BCUT2D eigenvalue weighted by Gasteiger charge is -2.30. The Morgan fingerprint density at radius 3 is 3.06 bits per heavy atom. The highest BCUT2D eigenvalue weighted by molar-refractivity contribution is 7.10. The Balaban J connectivity index is 1.88. The number of halogens is 1. The van der Waals surface area contributed by atoms with Gasteiger partial charge in [-0.05, 0) is 24.5 Å². The van der Waals surface area contributed by atoms with E-state index in [0.717, 1.165) is 25.2 Å². The molecule has 0 saturated carbocycles. The van der Waals surface area contributed by atoms with Crippen molar-refractivity contribution in [1.29, 1.82) is 0 Å². The predicted molar refractivity (Wildman–Crippen MR) is 70.7 cm³/mol. The molecule has 0 saturated heterocycles. The van der Waals surface area contributed by atoms with Gasteiger partial charge < -0.3 is 4.90 Å². The van der Waals surface area contributed by atoms with E-state index in [4.69, 9.17) is 11.6 Å². The zero-order chi connectivity index (χ0) is 11.7. The lowest BCUT2D eigenvalue weighted by atomic mass is 10.0. The first-order valence-electron chi connectivity index (χ1n) is 5.64. The van der Waals surface area contributed by atoms with Crippen LogP contribution in [0, 0.1) is 0 Å². The van der Waals surface area contributed by atoms with E-state index in [1.165, 1.54) is 29.2 Å². The normalized spacial score (nSPS) is 14.8. The number of para-hydroxylation sites is 1. The van der Waals surface area contributed by atoms with Crippen LogP contribution in [0.25, 0.3) is 0 Å². The van der Waals surface area contributed by atoms with Gasteiger partial charge in [-0.3, -0.25) is 0 Å². The van der Waals surface area contributed by atoms with Gasteiger partial charge in [-0.15, -0.1) is 5.10 Å². The molecule has 1 aromatic carbocycles. The number of hydrogen-bond donors (Lipinski definition) is 0. The molecule has 0 N–H and O–H groups in total. The number of anilines is 1. The fourth-order valence-electron chi connectivity index (χ4n) is 2.25. The van der Waals surface area contributed by atoms with Gasteiger partial charge in [0, 0.05) is 23.8 Å². The van der Waals surface area contributed by atoms with Crippen LogP contribution in [0.5, 0.6) is 0 Å². The summed E-state index contributed by atoms with van der Waals surface area (Å²) in [5.74, 6) is 0. The Bertz CT molecular complexity index is 526. The van der Waals surface area contributed by atoms with E-state index in [-0.39, 0.29) is 0 Å². The van der Waals surface area contributed by atoms with Crippen molar-refractivity contribution < 1.29 is 0 Å². The van der Waals surface area contributed by atoms with Crippen molar-refractivity contribution in [3.63, 3.8) is 0 Å². The van der Waals surface area contributed by atoms with Crippen molar-refractivity contribution in [3.8, 4) is 0 Å². The lowest BCUT2D eigenvalue weighted by molar-refractivity contribution is 0.683. The van der Waals surface area contributed by atoms with Gasteiger partial charge in [-0.1, -0.05) is 34.3 Å². The molecule has 0 aliphatic carbocycles. The number of hydrogen-bond acceptors (Lipinski definition) is 4. The second-order valence-electron chi connectivity index (χ2n) is 4.15. The summed E-state index contributed by atoms with van der Waals surface area (Å²) < 4.78 is 4.58. The van der Waals surface area contributed by atoms with Gasteiger partial charge in [0.25, 0.3) is 0 Å². The van der Waals surface area contributed by atoms with Crippen molar-refractivity contribution in [2.75, 3.05) is 11.4 Å². The summed E-state index contributed by atoms with van der Waals surface area (Å²) in [5, 5.41) is 4.08. The summed E-state index contributed by atoms with van der Waals surface area (Å²) in [7, 11) is 0. The molecule has 2 aromatic rings. The van der Waals surface area contributed by atoms with Crippen molar-refractivity contribution in [1.82, 2.24) is 9.59 Å². The fourth-order valence-corrected chi connectivity index (χ4v) is 2.86. The summed E-state index contributed by atoms with van der Waals surface area (Å²) in [4.78, 5) is 2.33. The summed E-state index contributed by atoms with van der Waals surface area (Å²) in [6.45, 7) is 1.82. The van der Waals surface area contributed by atoms with Crippen LogP contribution in [-0.2, 0) is 13.0 Å². The Labute approximate surface area is 109 Å². The molecule has 88 valence electrons. The van der Waals surface area contributed by atoms with Crippen LogP contribution < -0.4 is 4.90 Å². The standard InChI is InChI=1S/C12H12ClN3S/c13-12-10(14-15-17-12)8-16-7-3-5-9-4-1-2-6-11(9)16/h1-2,4,6H,3,5,7-8H2. The molecule has 3 rings (SSSR count). The Morgan fingerprint density at radius 1 is 1.35 bits per heavy atom. The number of aromatic nitrogens is 2. The second kappa shape index (κ2) is 4.63. The molecule has 5 heteroatoms. The third kappa shape index (κ3) is 2.15. The molecular weight excluding hydrogens is 254 g/mol. The monoisotopic (exact) mass is 265 g/mol. The van der Waals surface area contributed by atoms with Crippen LogP contribution >= 0.6 is 23.1 Å². The number of benzene rings is 1. The van der Waals surface area contributed by atoms with Gasteiger partial charge in [0.1, 0.15) is 10.0 Å². The van der Waals surface area contributed by atoms with Gasteiger partial charge >= 0.3 is 0 Å². The molecule has 0 amide bonds. The minimum absolute atomic E-state index is 0.702. The lowest BCUT2D eigenvalue weighted by Crippen LogP contribution is -2.28. The van der Waals surface area contributed by atoms with Crippen LogP contribution in [0.4, 0.5) is 5.69 Å². The number of nitrogens with zero attached hydrogens (tertiary/aromatic N) is 3. The number of fused-ring (bicyclic) bond motifs is 1. The maximum Gasteiger partial charge on any atom is 0.139 e. The quantitative estimate of drug-likeness (QED) is 0.835. The topological polar surface area (TPSA) is 29.0 Å². The maximum atomic E-state index is 6.05. The molecule has 0 unspecified atom stereocenters. The summed E-state index contributed by atoms with van der Waals surface area (Å²) in [5.41, 5.74) is 3.61. The molecule has 0 spiro atoms. The molecule has 1 aromatic heterocycles. The zero-order valence-corrected chi connectivity index (χ0v) is 10.8. The van der Waals surface area contributed by atoms with Gasteiger partial charge in [0.15, 0.2) is 0 Å². The van der Waals surface area contributed by atoms with Gasteiger partial charge in [0.2, 0.25) is 0 Å². The number of aryl methyl sites for hydroxylation is 1. The third-order valence-electron chi connectivity index (χ3n) is 3.06. The first-order chi connectivity index (χ1) is 8.34. The van der Waals surface area contributed by atoms with Crippen LogP contribution in [0.3, 0.4) is 0 Å². The van der Waals surface area contributed by atoms with Gasteiger partial charge in [-0.25, -0.2) is 0 Å². The Hall–Kier alpha value is -1.13. The molecule has 0 fully saturated rings. The first-order valence-corrected chi connectivity index (χ1v) is 6.79. The van der Waals surface area contributed by atoms with Gasteiger partial charge in [-0.2, -0.15) is 0 Å². The highest BCUT2D eigenvalue weighted by Gasteiger charge is 2.18. The highest BCUT2D eigenvalue weighted by atomic mass is 35.5. The average molecular weight is 266 g/mol. The molecule has 3 nitrogen and oxygen atoms in total. The van der Waals surface area contributed by atoms with E-state index in [1.807, 2.05) is 0 Å². The van der Waals surface area contributed by atoms with Crippen LogP contribution in [0.2, 0.25) is 4.34 Å². The Morgan fingerprint density at radius 2 is 2.24 bits per heavy atom. The minimum atomic E-state index is 0.702. The van der Waals surface area contributed by atoms with Crippen molar-refractivity contribution in [2.24, 2.45) is 0 Å². The zero-order valence-electron chi connectivity index (χ0n) is 9.27. The smallest absolute Gasteiger partial charge is 0.139 e. The number of rotatable bonds is 2. The molecule has 1 aliphatic heterocycles. The molecule has 1 aliphatic rings. The Kier molecular flexibility index (Phi) is 2.99. The van der Waals surface area contributed by atoms with Crippen molar-refractivity contribution >= 4 is 28.8 Å². The van der Waals surface area contributed by atoms with Crippen LogP contribution in [-0.4, -0.2) is 16.1 Å². The summed E-state index contributed by atoms with van der Waals surface area (Å²) in [6, 6.07) is 8.54. The van der Waals surface area contributed by atoms with E-state index in [1.54, 1.807) is 0 Å². The molecule has 2 heterocycles. The van der Waals surface area contributed by atoms with Crippen LogP contribution in [0.1, 0.15) is 17.7 Å².